The molecule has 2 fully saturated rings. The van der Waals surface area contributed by atoms with E-state index in [4.69, 9.17) is 5.32 Å². The van der Waals surface area contributed by atoms with Crippen LogP contribution in [-0.2, 0) is 5.66 Å². The molecule has 0 saturated carbocycles. The zero-order valence-electron chi connectivity index (χ0n) is 14.4. The van der Waals surface area contributed by atoms with E-state index in [0.29, 0.717) is 19.6 Å². The molecule has 2 heterocycles. The first kappa shape index (κ1) is 16.5. The molecule has 1 radical (unpaired) electrons. The van der Waals surface area contributed by atoms with E-state index < -0.39 is 5.66 Å². The number of benzene rings is 2. The monoisotopic (exact) mass is 339 g/mol. The van der Waals surface area contributed by atoms with Gasteiger partial charge in [0.2, 0.25) is 0 Å². The molecular formula is C20H24FN4. The second-order valence-electron chi connectivity index (χ2n) is 6.72. The minimum absolute atomic E-state index is 0.308. The van der Waals surface area contributed by atoms with E-state index in [1.807, 2.05) is 24.3 Å². The second kappa shape index (κ2) is 7.12. The van der Waals surface area contributed by atoms with Crippen molar-refractivity contribution in [3.05, 3.63) is 66.2 Å². The number of piperazine rings is 2. The number of halogens is 1. The maximum absolute atomic E-state index is 14.2. The van der Waals surface area contributed by atoms with Gasteiger partial charge in [-0.15, -0.1) is 9.60 Å². The van der Waals surface area contributed by atoms with Crippen LogP contribution in [0.5, 0.6) is 0 Å². The summed E-state index contributed by atoms with van der Waals surface area (Å²) in [5.41, 5.74) is 1.77. The summed E-state index contributed by atoms with van der Waals surface area (Å²) < 4.78 is 14.2. The summed E-state index contributed by atoms with van der Waals surface area (Å²) in [7, 11) is 0. The van der Waals surface area contributed by atoms with Crippen molar-refractivity contribution in [1.82, 2.24) is 15.3 Å². The van der Waals surface area contributed by atoms with Gasteiger partial charge in [0.1, 0.15) is 5.66 Å². The normalized spacial score (nSPS) is 25.9. The maximum Gasteiger partial charge on any atom is 0.129 e. The summed E-state index contributed by atoms with van der Waals surface area (Å²) in [5.74, 6) is 0. The molecule has 2 aromatic carbocycles. The molecule has 2 aliphatic heterocycles. The standard InChI is InChI=1S/C20H24FN4/c21-25-12-11-22-20(17-25,18-7-3-1-4-8-18)24-15-13-23(14-16-24)19-9-5-2-6-10-19/h1-10H,11-17H2. The Bertz CT molecular complexity index is 673. The molecule has 1 atom stereocenters. The van der Waals surface area contributed by atoms with Crippen LogP contribution in [0.3, 0.4) is 0 Å². The zero-order chi connectivity index (χ0) is 17.1. The van der Waals surface area contributed by atoms with Gasteiger partial charge in [0.05, 0.1) is 6.54 Å². The molecule has 5 heteroatoms. The lowest BCUT2D eigenvalue weighted by molar-refractivity contribution is -0.0931. The lowest BCUT2D eigenvalue weighted by atomic mass is 9.94. The van der Waals surface area contributed by atoms with E-state index in [1.165, 1.54) is 5.69 Å². The number of hydrogen-bond acceptors (Lipinski definition) is 3. The van der Waals surface area contributed by atoms with Crippen LogP contribution in [-0.4, -0.2) is 55.8 Å². The van der Waals surface area contributed by atoms with Gasteiger partial charge < -0.3 is 4.90 Å². The highest BCUT2D eigenvalue weighted by atomic mass is 19.2. The van der Waals surface area contributed by atoms with Gasteiger partial charge in [-0.1, -0.05) is 48.5 Å². The summed E-state index contributed by atoms with van der Waals surface area (Å²) in [4.78, 5) is 4.75. The van der Waals surface area contributed by atoms with Crippen LogP contribution < -0.4 is 10.2 Å². The summed E-state index contributed by atoms with van der Waals surface area (Å²) >= 11 is 0. The second-order valence-corrected chi connectivity index (χ2v) is 6.72. The van der Waals surface area contributed by atoms with Gasteiger partial charge >= 0.3 is 0 Å². The first-order chi connectivity index (χ1) is 12.3. The number of nitrogens with zero attached hydrogens (tertiary/aromatic N) is 4. The van der Waals surface area contributed by atoms with Crippen LogP contribution in [0.1, 0.15) is 5.56 Å². The molecule has 2 aliphatic rings. The quantitative estimate of drug-likeness (QED) is 0.803. The molecule has 0 bridgehead atoms. The van der Waals surface area contributed by atoms with E-state index in [0.717, 1.165) is 36.9 Å². The molecule has 131 valence electrons. The lowest BCUT2D eigenvalue weighted by Gasteiger charge is -2.50. The fourth-order valence-electron chi connectivity index (χ4n) is 3.96. The average Bonchev–Trinajstić information content (AvgIpc) is 2.69. The Morgan fingerprint density at radius 3 is 2.08 bits per heavy atom. The predicted molar refractivity (Wildman–Crippen MR) is 98.0 cm³/mol. The smallest absolute Gasteiger partial charge is 0.129 e. The van der Waals surface area contributed by atoms with Gasteiger partial charge in [-0.25, -0.2) is 5.32 Å². The van der Waals surface area contributed by atoms with Crippen LogP contribution in [0.15, 0.2) is 60.7 Å². The Hall–Kier alpha value is -1.95. The van der Waals surface area contributed by atoms with Crippen LogP contribution in [0.4, 0.5) is 10.2 Å². The van der Waals surface area contributed by atoms with Gasteiger partial charge in [-0.2, -0.15) is 0 Å². The summed E-state index contributed by atoms with van der Waals surface area (Å²) in [6.07, 6.45) is 0. The zero-order valence-corrected chi connectivity index (χ0v) is 14.4. The minimum Gasteiger partial charge on any atom is -0.369 e. The highest BCUT2D eigenvalue weighted by molar-refractivity contribution is 5.46. The fraction of sp³-hybridized carbons (Fsp3) is 0.400. The molecule has 0 spiro atoms. The number of hydrogen-bond donors (Lipinski definition) is 0. The van der Waals surface area contributed by atoms with E-state index in [-0.39, 0.29) is 0 Å². The van der Waals surface area contributed by atoms with Crippen LogP contribution in [0.2, 0.25) is 0 Å². The highest BCUT2D eigenvalue weighted by Crippen LogP contribution is 2.32. The SMILES string of the molecule is FN1CC[N]C(c2ccccc2)(N2CCN(c3ccccc3)CC2)C1. The van der Waals surface area contributed by atoms with Crippen molar-refractivity contribution < 1.29 is 4.48 Å². The fourth-order valence-corrected chi connectivity index (χ4v) is 3.96. The van der Waals surface area contributed by atoms with Gasteiger partial charge in [0.15, 0.2) is 0 Å². The van der Waals surface area contributed by atoms with Crippen molar-refractivity contribution in [2.75, 3.05) is 50.7 Å². The lowest BCUT2D eigenvalue weighted by Crippen LogP contribution is -2.65. The van der Waals surface area contributed by atoms with Crippen molar-refractivity contribution in [2.24, 2.45) is 0 Å². The van der Waals surface area contributed by atoms with Gasteiger partial charge in [0.25, 0.3) is 0 Å². The molecule has 0 aliphatic carbocycles. The van der Waals surface area contributed by atoms with E-state index in [2.05, 4.69) is 46.2 Å². The first-order valence-corrected chi connectivity index (χ1v) is 8.98. The topological polar surface area (TPSA) is 23.8 Å². The van der Waals surface area contributed by atoms with Gasteiger partial charge in [0, 0.05) is 45.0 Å². The molecular weight excluding hydrogens is 315 g/mol. The molecule has 4 nitrogen and oxygen atoms in total. The number of rotatable bonds is 3. The van der Waals surface area contributed by atoms with Crippen LogP contribution in [0, 0.1) is 0 Å². The van der Waals surface area contributed by atoms with Crippen molar-refractivity contribution in [3.8, 4) is 0 Å². The van der Waals surface area contributed by atoms with Crippen molar-refractivity contribution in [2.45, 2.75) is 5.66 Å². The molecule has 0 N–H and O–H groups in total. The van der Waals surface area contributed by atoms with E-state index in [9.17, 15) is 4.48 Å². The minimum atomic E-state index is -0.572. The Balaban J connectivity index is 1.55. The molecule has 1 unspecified atom stereocenters. The Labute approximate surface area is 148 Å². The summed E-state index contributed by atoms with van der Waals surface area (Å²) in [6.45, 7) is 4.84. The van der Waals surface area contributed by atoms with Crippen molar-refractivity contribution in [1.29, 1.82) is 0 Å². The van der Waals surface area contributed by atoms with Crippen molar-refractivity contribution in [3.63, 3.8) is 0 Å². The van der Waals surface area contributed by atoms with E-state index >= 15 is 0 Å². The van der Waals surface area contributed by atoms with Gasteiger partial charge in [-0.05, 0) is 17.7 Å². The van der Waals surface area contributed by atoms with Crippen LogP contribution in [0.25, 0.3) is 0 Å². The third-order valence-corrected chi connectivity index (χ3v) is 5.27. The predicted octanol–water partition coefficient (Wildman–Crippen LogP) is 2.47. The molecule has 0 aromatic heterocycles. The molecule has 0 amide bonds. The Kier molecular flexibility index (Phi) is 4.70. The maximum atomic E-state index is 14.2. The molecule has 2 saturated heterocycles. The number of anilines is 1. The Morgan fingerprint density at radius 2 is 1.44 bits per heavy atom. The Morgan fingerprint density at radius 1 is 0.800 bits per heavy atom. The molecule has 4 rings (SSSR count). The number of para-hydroxylation sites is 1. The van der Waals surface area contributed by atoms with Gasteiger partial charge in [-0.3, -0.25) is 4.90 Å². The van der Waals surface area contributed by atoms with Crippen LogP contribution >= 0.6 is 0 Å². The summed E-state index contributed by atoms with van der Waals surface area (Å²) in [5, 5.41) is 5.85. The molecule has 2 aromatic rings. The first-order valence-electron chi connectivity index (χ1n) is 8.98. The molecule has 25 heavy (non-hydrogen) atoms. The summed E-state index contributed by atoms with van der Waals surface area (Å²) in [6, 6.07) is 20.7. The largest absolute Gasteiger partial charge is 0.369 e. The third-order valence-electron chi connectivity index (χ3n) is 5.27. The van der Waals surface area contributed by atoms with E-state index in [1.54, 1.807) is 0 Å². The van der Waals surface area contributed by atoms with Crippen molar-refractivity contribution >= 4 is 5.69 Å². The average molecular weight is 339 g/mol. The highest BCUT2D eigenvalue weighted by Gasteiger charge is 2.44. The third kappa shape index (κ3) is 3.27.